The fourth-order valence-electron chi connectivity index (χ4n) is 3.42. The molecular weight excluding hydrogens is 414 g/mol. The maximum absolute atomic E-state index is 12.8. The number of hydrogen-bond acceptors (Lipinski definition) is 5. The van der Waals surface area contributed by atoms with Gasteiger partial charge >= 0.3 is 5.97 Å². The summed E-state index contributed by atoms with van der Waals surface area (Å²) in [7, 11) is 0. The van der Waals surface area contributed by atoms with Crippen molar-refractivity contribution in [3.05, 3.63) is 28.5 Å². The largest absolute Gasteiger partial charge is 0.481 e. The van der Waals surface area contributed by atoms with Crippen molar-refractivity contribution in [1.29, 1.82) is 0 Å². The van der Waals surface area contributed by atoms with Crippen molar-refractivity contribution < 1.29 is 24.2 Å². The Labute approximate surface area is 167 Å². The summed E-state index contributed by atoms with van der Waals surface area (Å²) in [6, 6.07) is 1.62. The van der Waals surface area contributed by atoms with E-state index in [0.29, 0.717) is 22.6 Å². The minimum absolute atomic E-state index is 0.0727. The molecule has 1 saturated carbocycles. The zero-order valence-corrected chi connectivity index (χ0v) is 16.9. The summed E-state index contributed by atoms with van der Waals surface area (Å²) in [5.74, 6) is -1.97. The SMILES string of the molecule is O=C(O)CCCC(C(=O)COCC1CCCCC1)C(=O)c1cncc(Br)c1. The third-order valence-corrected chi connectivity index (χ3v) is 5.33. The number of ether oxygens (including phenoxy) is 1. The van der Waals surface area contributed by atoms with Crippen LogP contribution in [0.25, 0.3) is 0 Å². The number of Topliss-reactive ketones (excluding diaryl/α,β-unsaturated/α-hetero) is 2. The van der Waals surface area contributed by atoms with Crippen molar-refractivity contribution in [3.8, 4) is 0 Å². The summed E-state index contributed by atoms with van der Waals surface area (Å²) in [5, 5.41) is 8.83. The average Bonchev–Trinajstić information content (AvgIpc) is 2.65. The molecule has 1 fully saturated rings. The Morgan fingerprint density at radius 1 is 1.22 bits per heavy atom. The summed E-state index contributed by atoms with van der Waals surface area (Å²) in [5.41, 5.74) is 0.338. The molecule has 0 spiro atoms. The topological polar surface area (TPSA) is 93.6 Å². The lowest BCUT2D eigenvalue weighted by molar-refractivity contribution is -0.137. The lowest BCUT2D eigenvalue weighted by atomic mass is 9.89. The molecule has 0 saturated heterocycles. The summed E-state index contributed by atoms with van der Waals surface area (Å²) < 4.78 is 6.26. The van der Waals surface area contributed by atoms with Crippen molar-refractivity contribution >= 4 is 33.5 Å². The Morgan fingerprint density at radius 2 is 1.96 bits per heavy atom. The maximum atomic E-state index is 12.8. The van der Waals surface area contributed by atoms with Gasteiger partial charge in [0.15, 0.2) is 11.6 Å². The fraction of sp³-hybridized carbons (Fsp3) is 0.600. The predicted octanol–water partition coefficient (Wildman–Crippen LogP) is 4.06. The normalized spacial score (nSPS) is 16.0. The molecule has 7 heteroatoms. The van der Waals surface area contributed by atoms with Crippen LogP contribution in [0.1, 0.15) is 61.7 Å². The van der Waals surface area contributed by atoms with Gasteiger partial charge in [-0.15, -0.1) is 0 Å². The van der Waals surface area contributed by atoms with Crippen LogP contribution in [0, 0.1) is 11.8 Å². The van der Waals surface area contributed by atoms with Crippen LogP contribution < -0.4 is 0 Å². The highest BCUT2D eigenvalue weighted by atomic mass is 79.9. The first-order chi connectivity index (χ1) is 13.0. The van der Waals surface area contributed by atoms with Crippen molar-refractivity contribution in [2.75, 3.05) is 13.2 Å². The van der Waals surface area contributed by atoms with Gasteiger partial charge in [0, 0.05) is 35.5 Å². The van der Waals surface area contributed by atoms with Crippen LogP contribution in [-0.4, -0.2) is 40.8 Å². The van der Waals surface area contributed by atoms with E-state index in [2.05, 4.69) is 20.9 Å². The van der Waals surface area contributed by atoms with Crippen LogP contribution in [0.2, 0.25) is 0 Å². The zero-order chi connectivity index (χ0) is 19.6. The maximum Gasteiger partial charge on any atom is 0.303 e. The number of carbonyl (C=O) groups is 3. The second kappa shape index (κ2) is 11.3. The molecule has 1 N–H and O–H groups in total. The van der Waals surface area contributed by atoms with Crippen molar-refractivity contribution in [2.45, 2.75) is 51.4 Å². The van der Waals surface area contributed by atoms with Gasteiger partial charge in [0.2, 0.25) is 0 Å². The zero-order valence-electron chi connectivity index (χ0n) is 15.4. The highest BCUT2D eigenvalue weighted by Crippen LogP contribution is 2.24. The lowest BCUT2D eigenvalue weighted by Gasteiger charge is -2.21. The number of carboxylic acids is 1. The number of ketones is 2. The highest BCUT2D eigenvalue weighted by molar-refractivity contribution is 9.10. The minimum atomic E-state index is -0.939. The van der Waals surface area contributed by atoms with Gasteiger partial charge < -0.3 is 9.84 Å². The number of nitrogens with zero attached hydrogens (tertiary/aromatic N) is 1. The monoisotopic (exact) mass is 439 g/mol. The molecule has 1 aromatic heterocycles. The van der Waals surface area contributed by atoms with E-state index in [4.69, 9.17) is 9.84 Å². The van der Waals surface area contributed by atoms with E-state index >= 15 is 0 Å². The summed E-state index contributed by atoms with van der Waals surface area (Å²) in [4.78, 5) is 40.2. The van der Waals surface area contributed by atoms with Crippen LogP contribution in [0.3, 0.4) is 0 Å². The van der Waals surface area contributed by atoms with Crippen molar-refractivity contribution in [2.24, 2.45) is 11.8 Å². The molecule has 0 bridgehead atoms. The van der Waals surface area contributed by atoms with Gasteiger partial charge in [-0.05, 0) is 53.6 Å². The lowest BCUT2D eigenvalue weighted by Crippen LogP contribution is -2.29. The molecule has 0 radical (unpaired) electrons. The second-order valence-corrected chi connectivity index (χ2v) is 8.00. The van der Waals surface area contributed by atoms with Gasteiger partial charge in [0.1, 0.15) is 6.61 Å². The fourth-order valence-corrected chi connectivity index (χ4v) is 3.79. The molecule has 6 nitrogen and oxygen atoms in total. The van der Waals surface area contributed by atoms with Gasteiger partial charge in [0.05, 0.1) is 5.92 Å². The minimum Gasteiger partial charge on any atom is -0.481 e. The molecule has 1 aliphatic carbocycles. The van der Waals surface area contributed by atoms with Crippen LogP contribution >= 0.6 is 15.9 Å². The smallest absolute Gasteiger partial charge is 0.303 e. The Kier molecular flexibility index (Phi) is 9.07. The van der Waals surface area contributed by atoms with Gasteiger partial charge in [-0.1, -0.05) is 19.3 Å². The average molecular weight is 440 g/mol. The molecule has 1 unspecified atom stereocenters. The molecule has 0 aliphatic heterocycles. The first-order valence-electron chi connectivity index (χ1n) is 9.44. The van der Waals surface area contributed by atoms with Crippen LogP contribution in [0.4, 0.5) is 0 Å². The summed E-state index contributed by atoms with van der Waals surface area (Å²) >= 11 is 3.27. The van der Waals surface area contributed by atoms with E-state index in [9.17, 15) is 14.4 Å². The number of pyridine rings is 1. The first-order valence-corrected chi connectivity index (χ1v) is 10.2. The molecule has 0 aromatic carbocycles. The molecule has 2 rings (SSSR count). The number of carboxylic acid groups (broad SMARTS) is 1. The number of carbonyl (C=O) groups excluding carboxylic acids is 2. The van der Waals surface area contributed by atoms with E-state index in [1.165, 1.54) is 25.5 Å². The van der Waals surface area contributed by atoms with E-state index in [1.54, 1.807) is 12.3 Å². The second-order valence-electron chi connectivity index (χ2n) is 7.08. The molecule has 1 aliphatic rings. The van der Waals surface area contributed by atoms with Crippen molar-refractivity contribution in [1.82, 2.24) is 4.98 Å². The van der Waals surface area contributed by atoms with Crippen molar-refractivity contribution in [3.63, 3.8) is 0 Å². The number of hydrogen-bond donors (Lipinski definition) is 1. The van der Waals surface area contributed by atoms with Gasteiger partial charge in [-0.25, -0.2) is 0 Å². The Morgan fingerprint density at radius 3 is 2.63 bits per heavy atom. The Bertz CT molecular complexity index is 658. The van der Waals surface area contributed by atoms with Gasteiger partial charge in [-0.2, -0.15) is 0 Å². The van der Waals surface area contributed by atoms with E-state index in [-0.39, 0.29) is 37.4 Å². The summed E-state index contributed by atoms with van der Waals surface area (Å²) in [6.07, 6.45) is 9.29. The molecule has 1 aromatic rings. The third-order valence-electron chi connectivity index (χ3n) is 4.90. The van der Waals surface area contributed by atoms with Gasteiger partial charge in [0.25, 0.3) is 0 Å². The Hall–Kier alpha value is -1.60. The van der Waals surface area contributed by atoms with Crippen LogP contribution in [0.15, 0.2) is 22.9 Å². The third kappa shape index (κ3) is 7.50. The highest BCUT2D eigenvalue weighted by Gasteiger charge is 2.28. The first kappa shape index (κ1) is 21.7. The standard InChI is InChI=1S/C20H26BrNO5/c21-16-9-15(10-22-11-16)20(26)17(7-4-8-19(24)25)18(23)13-27-12-14-5-2-1-3-6-14/h9-11,14,17H,1-8,12-13H2,(H,24,25). The molecule has 148 valence electrons. The molecule has 1 heterocycles. The van der Waals surface area contributed by atoms with E-state index in [0.717, 1.165) is 12.8 Å². The summed E-state index contributed by atoms with van der Waals surface area (Å²) in [6.45, 7) is 0.432. The number of halogens is 1. The molecule has 0 amide bonds. The van der Waals surface area contributed by atoms with E-state index < -0.39 is 11.9 Å². The number of aromatic nitrogens is 1. The quantitative estimate of drug-likeness (QED) is 0.412. The number of rotatable bonds is 11. The van der Waals surface area contributed by atoms with E-state index in [1.807, 2.05) is 0 Å². The Balaban J connectivity index is 1.95. The van der Waals surface area contributed by atoms with Gasteiger partial charge in [-0.3, -0.25) is 19.4 Å². The van der Waals surface area contributed by atoms with Crippen LogP contribution in [0.5, 0.6) is 0 Å². The van der Waals surface area contributed by atoms with Crippen LogP contribution in [-0.2, 0) is 14.3 Å². The molecule has 1 atom stereocenters. The molecular formula is C20H26BrNO5. The molecule has 27 heavy (non-hydrogen) atoms. The predicted molar refractivity (Wildman–Crippen MR) is 104 cm³/mol. The number of aliphatic carboxylic acids is 1.